The van der Waals surface area contributed by atoms with Gasteiger partial charge in [0.05, 0.1) is 11.4 Å². The van der Waals surface area contributed by atoms with E-state index in [0.717, 1.165) is 22.0 Å². The number of benzene rings is 1. The third kappa shape index (κ3) is 4.73. The Bertz CT molecular complexity index is 802. The standard InChI is InChI=1S/C20H21N3OS/c1-2-23(14-16-8-4-3-5-9-16)19(24)12-11-17-15-25-20(22-17)18-10-6-7-13-21-18/h3-10,13,15H,2,11-12,14H2,1H3. The van der Waals surface area contributed by atoms with E-state index in [2.05, 4.69) is 22.1 Å². The van der Waals surface area contributed by atoms with Gasteiger partial charge < -0.3 is 4.90 Å². The topological polar surface area (TPSA) is 46.1 Å². The molecule has 0 unspecified atom stereocenters. The molecule has 0 saturated carbocycles. The van der Waals surface area contributed by atoms with E-state index in [9.17, 15) is 4.79 Å². The van der Waals surface area contributed by atoms with E-state index < -0.39 is 0 Å². The molecule has 0 spiro atoms. The van der Waals surface area contributed by atoms with Gasteiger partial charge in [-0.25, -0.2) is 4.98 Å². The minimum Gasteiger partial charge on any atom is -0.339 e. The maximum absolute atomic E-state index is 12.5. The summed E-state index contributed by atoms with van der Waals surface area (Å²) >= 11 is 1.57. The van der Waals surface area contributed by atoms with Crippen molar-refractivity contribution in [2.24, 2.45) is 0 Å². The minimum absolute atomic E-state index is 0.165. The molecule has 0 radical (unpaired) electrons. The summed E-state index contributed by atoms with van der Waals surface area (Å²) < 4.78 is 0. The molecule has 0 aliphatic rings. The number of thiazole rings is 1. The molecule has 128 valence electrons. The first kappa shape index (κ1) is 17.3. The summed E-state index contributed by atoms with van der Waals surface area (Å²) in [6.07, 6.45) is 2.90. The molecule has 25 heavy (non-hydrogen) atoms. The lowest BCUT2D eigenvalue weighted by Crippen LogP contribution is -2.30. The second kappa shape index (κ2) is 8.53. The van der Waals surface area contributed by atoms with Crippen LogP contribution >= 0.6 is 11.3 Å². The van der Waals surface area contributed by atoms with Crippen LogP contribution in [0.4, 0.5) is 0 Å². The van der Waals surface area contributed by atoms with Gasteiger partial charge in [-0.15, -0.1) is 11.3 Å². The lowest BCUT2D eigenvalue weighted by molar-refractivity contribution is -0.131. The van der Waals surface area contributed by atoms with Gasteiger partial charge in [0.2, 0.25) is 5.91 Å². The number of hydrogen-bond acceptors (Lipinski definition) is 4. The zero-order chi connectivity index (χ0) is 17.5. The molecule has 0 saturated heterocycles. The summed E-state index contributed by atoms with van der Waals surface area (Å²) in [5.74, 6) is 0.165. The minimum atomic E-state index is 0.165. The number of pyridine rings is 1. The Kier molecular flexibility index (Phi) is 5.90. The Labute approximate surface area is 152 Å². The predicted molar refractivity (Wildman–Crippen MR) is 101 cm³/mol. The smallest absolute Gasteiger partial charge is 0.223 e. The summed E-state index contributed by atoms with van der Waals surface area (Å²) in [5, 5.41) is 2.92. The first-order valence-electron chi connectivity index (χ1n) is 8.43. The summed E-state index contributed by atoms with van der Waals surface area (Å²) in [5.41, 5.74) is 2.99. The molecule has 4 nitrogen and oxygen atoms in total. The van der Waals surface area contributed by atoms with Crippen LogP contribution in [0, 0.1) is 0 Å². The van der Waals surface area contributed by atoms with E-state index in [0.29, 0.717) is 25.9 Å². The largest absolute Gasteiger partial charge is 0.339 e. The predicted octanol–water partition coefficient (Wildman–Crippen LogP) is 4.19. The molecule has 0 bridgehead atoms. The van der Waals surface area contributed by atoms with E-state index in [1.54, 1.807) is 17.5 Å². The summed E-state index contributed by atoms with van der Waals surface area (Å²) in [6.45, 7) is 3.39. The van der Waals surface area contributed by atoms with Gasteiger partial charge in [0.15, 0.2) is 0 Å². The monoisotopic (exact) mass is 351 g/mol. The van der Waals surface area contributed by atoms with Gasteiger partial charge in [0.1, 0.15) is 5.01 Å². The van der Waals surface area contributed by atoms with Crippen LogP contribution in [-0.2, 0) is 17.8 Å². The number of nitrogens with zero attached hydrogens (tertiary/aromatic N) is 3. The van der Waals surface area contributed by atoms with Crippen molar-refractivity contribution in [3.05, 3.63) is 71.4 Å². The van der Waals surface area contributed by atoms with Gasteiger partial charge in [0.25, 0.3) is 0 Å². The molecular weight excluding hydrogens is 330 g/mol. The molecule has 0 N–H and O–H groups in total. The van der Waals surface area contributed by atoms with Gasteiger partial charge >= 0.3 is 0 Å². The highest BCUT2D eigenvalue weighted by molar-refractivity contribution is 7.13. The Morgan fingerprint density at radius 1 is 1.12 bits per heavy atom. The molecule has 0 aliphatic carbocycles. The number of amides is 1. The van der Waals surface area contributed by atoms with Crippen molar-refractivity contribution >= 4 is 17.2 Å². The van der Waals surface area contributed by atoms with E-state index in [4.69, 9.17) is 0 Å². The molecule has 3 rings (SSSR count). The summed E-state index contributed by atoms with van der Waals surface area (Å²) in [4.78, 5) is 23.3. The molecular formula is C20H21N3OS. The molecule has 1 amide bonds. The highest BCUT2D eigenvalue weighted by Crippen LogP contribution is 2.22. The second-order valence-corrected chi connectivity index (χ2v) is 6.61. The Balaban J connectivity index is 1.57. The molecule has 3 aromatic rings. The summed E-state index contributed by atoms with van der Waals surface area (Å²) in [6, 6.07) is 15.9. The molecule has 2 heterocycles. The van der Waals surface area contributed by atoms with Crippen LogP contribution in [0.3, 0.4) is 0 Å². The fourth-order valence-corrected chi connectivity index (χ4v) is 3.43. The Hall–Kier alpha value is -2.53. The first-order valence-corrected chi connectivity index (χ1v) is 9.31. The normalized spacial score (nSPS) is 10.6. The van der Waals surface area contributed by atoms with Crippen LogP contribution in [0.2, 0.25) is 0 Å². The number of carbonyl (C=O) groups is 1. The zero-order valence-electron chi connectivity index (χ0n) is 14.3. The number of carbonyl (C=O) groups excluding carboxylic acids is 1. The third-order valence-corrected chi connectivity index (χ3v) is 4.90. The van der Waals surface area contributed by atoms with Crippen LogP contribution in [0.1, 0.15) is 24.6 Å². The molecule has 1 aromatic carbocycles. The third-order valence-electron chi connectivity index (χ3n) is 3.98. The van der Waals surface area contributed by atoms with Crippen LogP contribution < -0.4 is 0 Å². The highest BCUT2D eigenvalue weighted by Gasteiger charge is 2.13. The van der Waals surface area contributed by atoms with Crippen LogP contribution in [-0.4, -0.2) is 27.3 Å². The molecule has 5 heteroatoms. The maximum Gasteiger partial charge on any atom is 0.223 e. The molecule has 0 aliphatic heterocycles. The fourth-order valence-electron chi connectivity index (χ4n) is 2.60. The van der Waals surface area contributed by atoms with Gasteiger partial charge in [-0.2, -0.15) is 0 Å². The number of hydrogen-bond donors (Lipinski definition) is 0. The van der Waals surface area contributed by atoms with Crippen molar-refractivity contribution in [2.45, 2.75) is 26.3 Å². The van der Waals surface area contributed by atoms with Crippen molar-refractivity contribution in [1.82, 2.24) is 14.9 Å². The maximum atomic E-state index is 12.5. The number of aryl methyl sites for hydroxylation is 1. The summed E-state index contributed by atoms with van der Waals surface area (Å²) in [7, 11) is 0. The fraction of sp³-hybridized carbons (Fsp3) is 0.250. The van der Waals surface area contributed by atoms with Crippen molar-refractivity contribution in [3.63, 3.8) is 0 Å². The lowest BCUT2D eigenvalue weighted by atomic mass is 10.2. The van der Waals surface area contributed by atoms with Gasteiger partial charge in [-0.05, 0) is 31.0 Å². The van der Waals surface area contributed by atoms with E-state index in [1.807, 2.05) is 53.6 Å². The van der Waals surface area contributed by atoms with Crippen LogP contribution in [0.25, 0.3) is 10.7 Å². The SMILES string of the molecule is CCN(Cc1ccccc1)C(=O)CCc1csc(-c2ccccn2)n1. The van der Waals surface area contributed by atoms with E-state index in [-0.39, 0.29) is 5.91 Å². The number of rotatable bonds is 7. The average Bonchev–Trinajstić information content (AvgIpc) is 3.15. The van der Waals surface area contributed by atoms with Gasteiger partial charge in [-0.1, -0.05) is 36.4 Å². The molecule has 0 atom stereocenters. The molecule has 2 aromatic heterocycles. The van der Waals surface area contributed by atoms with Crippen LogP contribution in [0.5, 0.6) is 0 Å². The average molecular weight is 351 g/mol. The van der Waals surface area contributed by atoms with E-state index >= 15 is 0 Å². The second-order valence-electron chi connectivity index (χ2n) is 5.75. The van der Waals surface area contributed by atoms with Gasteiger partial charge in [0, 0.05) is 31.1 Å². The van der Waals surface area contributed by atoms with Crippen molar-refractivity contribution in [2.75, 3.05) is 6.54 Å². The first-order chi connectivity index (χ1) is 12.3. The zero-order valence-corrected chi connectivity index (χ0v) is 15.1. The van der Waals surface area contributed by atoms with Crippen molar-refractivity contribution in [3.8, 4) is 10.7 Å². The molecule has 0 fully saturated rings. The Morgan fingerprint density at radius 2 is 1.92 bits per heavy atom. The Morgan fingerprint density at radius 3 is 2.64 bits per heavy atom. The van der Waals surface area contributed by atoms with Gasteiger partial charge in [-0.3, -0.25) is 9.78 Å². The highest BCUT2D eigenvalue weighted by atomic mass is 32.1. The van der Waals surface area contributed by atoms with Crippen molar-refractivity contribution in [1.29, 1.82) is 0 Å². The van der Waals surface area contributed by atoms with E-state index in [1.165, 1.54) is 0 Å². The number of aromatic nitrogens is 2. The van der Waals surface area contributed by atoms with Crippen LogP contribution in [0.15, 0.2) is 60.1 Å². The lowest BCUT2D eigenvalue weighted by Gasteiger charge is -2.20. The van der Waals surface area contributed by atoms with Crippen molar-refractivity contribution < 1.29 is 4.79 Å². The quantitative estimate of drug-likeness (QED) is 0.641.